The third kappa shape index (κ3) is 3.73. The highest BCUT2D eigenvalue weighted by atomic mass is 16.5. The highest BCUT2D eigenvalue weighted by Crippen LogP contribution is 2.07. The Morgan fingerprint density at radius 3 is 2.82 bits per heavy atom. The summed E-state index contributed by atoms with van der Waals surface area (Å²) in [6.07, 6.45) is 4.35. The maximum absolute atomic E-state index is 5.52. The Hall–Kier alpha value is -0.0800. The van der Waals surface area contributed by atoms with E-state index in [-0.39, 0.29) is 0 Å². The normalized spacial score (nSPS) is 25.9. The first-order chi connectivity index (χ1) is 5.29. The lowest BCUT2D eigenvalue weighted by atomic mass is 10.1. The van der Waals surface area contributed by atoms with Crippen LogP contribution in [0, 0.1) is 0 Å². The van der Waals surface area contributed by atoms with Crippen LogP contribution in [0.1, 0.15) is 33.1 Å². The third-order valence-corrected chi connectivity index (χ3v) is 2.04. The Labute approximate surface area is 69.3 Å². The Kier molecular flexibility index (Phi) is 3.87. The van der Waals surface area contributed by atoms with Crippen LogP contribution in [0.15, 0.2) is 0 Å². The van der Waals surface area contributed by atoms with E-state index in [0.29, 0.717) is 12.1 Å². The summed E-state index contributed by atoms with van der Waals surface area (Å²) in [5, 5.41) is 3.45. The average Bonchev–Trinajstić information content (AvgIpc) is 2.03. The summed E-state index contributed by atoms with van der Waals surface area (Å²) in [4.78, 5) is 0. The lowest BCUT2D eigenvalue weighted by Gasteiger charge is -2.24. The van der Waals surface area contributed by atoms with Crippen molar-refractivity contribution in [3.63, 3.8) is 0 Å². The van der Waals surface area contributed by atoms with Gasteiger partial charge in [0, 0.05) is 6.04 Å². The summed E-state index contributed by atoms with van der Waals surface area (Å²) in [6.45, 7) is 6.23. The second kappa shape index (κ2) is 4.73. The Balaban J connectivity index is 2.05. The van der Waals surface area contributed by atoms with Crippen molar-refractivity contribution >= 4 is 0 Å². The Bertz CT molecular complexity index is 97.7. The smallest absolute Gasteiger partial charge is 0.0623 e. The zero-order chi connectivity index (χ0) is 8.10. The number of nitrogens with one attached hydrogen (secondary N) is 1. The zero-order valence-electron chi connectivity index (χ0n) is 7.60. The molecule has 66 valence electrons. The molecule has 0 unspecified atom stereocenters. The molecule has 0 amide bonds. The van der Waals surface area contributed by atoms with Crippen molar-refractivity contribution in [2.75, 3.05) is 13.2 Å². The highest BCUT2D eigenvalue weighted by Gasteiger charge is 2.12. The van der Waals surface area contributed by atoms with Gasteiger partial charge in [0.1, 0.15) is 0 Å². The highest BCUT2D eigenvalue weighted by molar-refractivity contribution is 4.71. The van der Waals surface area contributed by atoms with Crippen LogP contribution in [0.5, 0.6) is 0 Å². The predicted molar refractivity (Wildman–Crippen MR) is 46.7 cm³/mol. The van der Waals surface area contributed by atoms with Gasteiger partial charge in [0.25, 0.3) is 0 Å². The van der Waals surface area contributed by atoms with Gasteiger partial charge in [-0.1, -0.05) is 6.42 Å². The number of ether oxygens (including phenoxy) is 1. The average molecular weight is 157 g/mol. The molecule has 1 aliphatic heterocycles. The summed E-state index contributed by atoms with van der Waals surface area (Å²) in [7, 11) is 0. The van der Waals surface area contributed by atoms with E-state index >= 15 is 0 Å². The van der Waals surface area contributed by atoms with Crippen molar-refractivity contribution in [1.29, 1.82) is 0 Å². The summed E-state index contributed by atoms with van der Waals surface area (Å²) >= 11 is 0. The first-order valence-corrected chi connectivity index (χ1v) is 4.64. The molecule has 2 nitrogen and oxygen atoms in total. The van der Waals surface area contributed by atoms with E-state index in [1.165, 1.54) is 25.8 Å². The standard InChI is InChI=1S/C9H19NO/c1-8(2)11-7-9-5-3-4-6-10-9/h8-10H,3-7H2,1-2H3/t9-/m0/s1. The van der Waals surface area contributed by atoms with Crippen LogP contribution in [0.3, 0.4) is 0 Å². The first-order valence-electron chi connectivity index (χ1n) is 4.64. The minimum Gasteiger partial charge on any atom is -0.377 e. The zero-order valence-corrected chi connectivity index (χ0v) is 7.60. The fourth-order valence-corrected chi connectivity index (χ4v) is 1.37. The van der Waals surface area contributed by atoms with Crippen LogP contribution >= 0.6 is 0 Å². The second-order valence-electron chi connectivity index (χ2n) is 3.53. The summed E-state index contributed by atoms with van der Waals surface area (Å²) in [5.41, 5.74) is 0. The number of rotatable bonds is 3. The second-order valence-corrected chi connectivity index (χ2v) is 3.53. The minimum absolute atomic E-state index is 0.374. The predicted octanol–water partition coefficient (Wildman–Crippen LogP) is 1.55. The number of hydrogen-bond acceptors (Lipinski definition) is 2. The molecule has 0 bridgehead atoms. The van der Waals surface area contributed by atoms with Gasteiger partial charge in [0.05, 0.1) is 12.7 Å². The molecule has 1 saturated heterocycles. The molecule has 1 fully saturated rings. The van der Waals surface area contributed by atoms with Gasteiger partial charge >= 0.3 is 0 Å². The van der Waals surface area contributed by atoms with Crippen LogP contribution in [0.2, 0.25) is 0 Å². The van der Waals surface area contributed by atoms with Crippen LogP contribution in [-0.4, -0.2) is 25.3 Å². The molecule has 1 N–H and O–H groups in total. The Morgan fingerprint density at radius 2 is 2.27 bits per heavy atom. The van der Waals surface area contributed by atoms with E-state index in [1.54, 1.807) is 0 Å². The Morgan fingerprint density at radius 1 is 1.45 bits per heavy atom. The van der Waals surface area contributed by atoms with Gasteiger partial charge in [0.2, 0.25) is 0 Å². The summed E-state index contributed by atoms with van der Waals surface area (Å²) in [6, 6.07) is 0.617. The third-order valence-electron chi connectivity index (χ3n) is 2.04. The van der Waals surface area contributed by atoms with E-state index < -0.39 is 0 Å². The minimum atomic E-state index is 0.374. The molecule has 0 saturated carbocycles. The maximum Gasteiger partial charge on any atom is 0.0623 e. The lowest BCUT2D eigenvalue weighted by molar-refractivity contribution is 0.0558. The van der Waals surface area contributed by atoms with Crippen molar-refractivity contribution in [2.24, 2.45) is 0 Å². The van der Waals surface area contributed by atoms with E-state index in [1.807, 2.05) is 0 Å². The molecule has 11 heavy (non-hydrogen) atoms. The van der Waals surface area contributed by atoms with Crippen LogP contribution < -0.4 is 5.32 Å². The topological polar surface area (TPSA) is 21.3 Å². The van der Waals surface area contributed by atoms with Gasteiger partial charge in [0.15, 0.2) is 0 Å². The SMILES string of the molecule is CC(C)OC[C@@H]1CCCCN1. The molecule has 1 heterocycles. The molecule has 1 rings (SSSR count). The van der Waals surface area contributed by atoms with Gasteiger partial charge in [-0.2, -0.15) is 0 Å². The molecule has 0 aromatic rings. The van der Waals surface area contributed by atoms with Gasteiger partial charge in [-0.25, -0.2) is 0 Å². The van der Waals surface area contributed by atoms with Crippen LogP contribution in [0.25, 0.3) is 0 Å². The molecule has 1 aliphatic rings. The maximum atomic E-state index is 5.52. The fraction of sp³-hybridized carbons (Fsp3) is 1.00. The molecule has 1 atom stereocenters. The van der Waals surface area contributed by atoms with E-state index in [4.69, 9.17) is 4.74 Å². The molecular formula is C9H19NO. The van der Waals surface area contributed by atoms with Gasteiger partial charge < -0.3 is 10.1 Å². The van der Waals surface area contributed by atoms with Crippen LogP contribution in [-0.2, 0) is 4.74 Å². The molecular weight excluding hydrogens is 138 g/mol. The molecule has 0 aliphatic carbocycles. The number of piperidine rings is 1. The molecule has 2 heteroatoms. The van der Waals surface area contributed by atoms with Crippen molar-refractivity contribution in [3.05, 3.63) is 0 Å². The lowest BCUT2D eigenvalue weighted by Crippen LogP contribution is -2.38. The molecule has 0 aromatic heterocycles. The van der Waals surface area contributed by atoms with Gasteiger partial charge in [-0.15, -0.1) is 0 Å². The van der Waals surface area contributed by atoms with E-state index in [2.05, 4.69) is 19.2 Å². The molecule has 0 aromatic carbocycles. The van der Waals surface area contributed by atoms with Crippen molar-refractivity contribution in [3.8, 4) is 0 Å². The summed E-state index contributed by atoms with van der Waals surface area (Å²) < 4.78 is 5.52. The molecule has 0 radical (unpaired) electrons. The van der Waals surface area contributed by atoms with E-state index in [0.717, 1.165) is 6.61 Å². The van der Waals surface area contributed by atoms with Crippen LogP contribution in [0.4, 0.5) is 0 Å². The molecule has 0 spiro atoms. The van der Waals surface area contributed by atoms with Crippen molar-refractivity contribution < 1.29 is 4.74 Å². The van der Waals surface area contributed by atoms with Crippen molar-refractivity contribution in [1.82, 2.24) is 5.32 Å². The van der Waals surface area contributed by atoms with Gasteiger partial charge in [-0.05, 0) is 33.2 Å². The summed E-state index contributed by atoms with van der Waals surface area (Å²) in [5.74, 6) is 0. The van der Waals surface area contributed by atoms with Gasteiger partial charge in [-0.3, -0.25) is 0 Å². The largest absolute Gasteiger partial charge is 0.377 e. The quantitative estimate of drug-likeness (QED) is 0.671. The fourth-order valence-electron chi connectivity index (χ4n) is 1.37. The monoisotopic (exact) mass is 157 g/mol. The number of hydrogen-bond donors (Lipinski definition) is 1. The van der Waals surface area contributed by atoms with E-state index in [9.17, 15) is 0 Å². The van der Waals surface area contributed by atoms with Crippen molar-refractivity contribution in [2.45, 2.75) is 45.3 Å². The first kappa shape index (κ1) is 9.01.